The Labute approximate surface area is 120 Å². The molecule has 102 valence electrons. The van der Waals surface area contributed by atoms with Crippen LogP contribution in [-0.2, 0) is 11.2 Å². The van der Waals surface area contributed by atoms with Gasteiger partial charge in [-0.05, 0) is 23.6 Å². The summed E-state index contributed by atoms with van der Waals surface area (Å²) in [6.45, 7) is 0.724. The number of likely N-dealkylation sites (N-methyl/N-ethyl adjacent to an activating group) is 1. The summed E-state index contributed by atoms with van der Waals surface area (Å²) < 4.78 is 0. The van der Waals surface area contributed by atoms with E-state index in [1.807, 2.05) is 61.7 Å². The lowest BCUT2D eigenvalue weighted by molar-refractivity contribution is -0.124. The Morgan fingerprint density at radius 1 is 1.00 bits per heavy atom. The third-order valence-electron chi connectivity index (χ3n) is 3.17. The van der Waals surface area contributed by atoms with Crippen molar-refractivity contribution in [3.8, 4) is 0 Å². The molecule has 0 atom stereocenters. The highest BCUT2D eigenvalue weighted by Gasteiger charge is 2.04. The highest BCUT2D eigenvalue weighted by atomic mass is 16.2. The lowest BCUT2D eigenvalue weighted by Crippen LogP contribution is -2.27. The first-order chi connectivity index (χ1) is 9.75. The summed E-state index contributed by atoms with van der Waals surface area (Å²) >= 11 is 0. The summed E-state index contributed by atoms with van der Waals surface area (Å²) in [4.78, 5) is 13.7. The fourth-order valence-corrected chi connectivity index (χ4v) is 1.91. The number of hydrogen-bond acceptors (Lipinski definition) is 1. The topological polar surface area (TPSA) is 20.3 Å². The summed E-state index contributed by atoms with van der Waals surface area (Å²) in [5.41, 5.74) is 2.29. The number of hydrogen-bond donors (Lipinski definition) is 0. The van der Waals surface area contributed by atoms with Crippen molar-refractivity contribution in [1.29, 1.82) is 0 Å². The zero-order valence-electron chi connectivity index (χ0n) is 11.7. The van der Waals surface area contributed by atoms with Gasteiger partial charge in [0.1, 0.15) is 0 Å². The normalized spacial score (nSPS) is 10.7. The van der Waals surface area contributed by atoms with E-state index in [0.29, 0.717) is 0 Å². The minimum atomic E-state index is 0.0322. The molecule has 2 heteroatoms. The van der Waals surface area contributed by atoms with E-state index in [9.17, 15) is 4.79 Å². The van der Waals surface area contributed by atoms with E-state index >= 15 is 0 Å². The maximum atomic E-state index is 12.0. The summed E-state index contributed by atoms with van der Waals surface area (Å²) in [6, 6.07) is 20.1. The first kappa shape index (κ1) is 14.1. The first-order valence-corrected chi connectivity index (χ1v) is 6.78. The second-order valence-electron chi connectivity index (χ2n) is 4.74. The molecule has 0 saturated heterocycles. The van der Waals surface area contributed by atoms with Gasteiger partial charge in [-0.25, -0.2) is 0 Å². The van der Waals surface area contributed by atoms with Crippen molar-refractivity contribution in [3.05, 3.63) is 77.9 Å². The van der Waals surface area contributed by atoms with Gasteiger partial charge >= 0.3 is 0 Å². The molecule has 1 amide bonds. The minimum absolute atomic E-state index is 0.0322. The second-order valence-corrected chi connectivity index (χ2v) is 4.74. The predicted octanol–water partition coefficient (Wildman–Crippen LogP) is 3.40. The zero-order chi connectivity index (χ0) is 14.2. The molecule has 0 N–H and O–H groups in total. The van der Waals surface area contributed by atoms with Crippen LogP contribution in [0.4, 0.5) is 0 Å². The van der Waals surface area contributed by atoms with E-state index in [4.69, 9.17) is 0 Å². The molecular formula is C18H19NO. The van der Waals surface area contributed by atoms with Gasteiger partial charge in [-0.1, -0.05) is 60.7 Å². The van der Waals surface area contributed by atoms with Gasteiger partial charge in [-0.3, -0.25) is 4.79 Å². The Bertz CT molecular complexity index is 560. The van der Waals surface area contributed by atoms with Crippen LogP contribution >= 0.6 is 0 Å². The summed E-state index contributed by atoms with van der Waals surface area (Å²) in [5, 5.41) is 0. The molecule has 0 aromatic heterocycles. The van der Waals surface area contributed by atoms with Gasteiger partial charge in [-0.2, -0.15) is 0 Å². The molecule has 2 rings (SSSR count). The molecule has 0 unspecified atom stereocenters. The van der Waals surface area contributed by atoms with Crippen LogP contribution in [0, 0.1) is 0 Å². The summed E-state index contributed by atoms with van der Waals surface area (Å²) in [6.07, 6.45) is 4.35. The Kier molecular flexibility index (Phi) is 5.13. The Hall–Kier alpha value is -2.35. The molecular weight excluding hydrogens is 246 g/mol. The van der Waals surface area contributed by atoms with E-state index < -0.39 is 0 Å². The second kappa shape index (κ2) is 7.29. The quantitative estimate of drug-likeness (QED) is 0.759. The summed E-state index contributed by atoms with van der Waals surface area (Å²) in [5.74, 6) is 0.0322. The molecule has 0 aliphatic carbocycles. The van der Waals surface area contributed by atoms with E-state index in [-0.39, 0.29) is 5.91 Å². The molecule has 0 aliphatic heterocycles. The SMILES string of the molecule is CN(CCc1ccccc1)C(=O)/C=C\c1ccccc1. The number of carbonyl (C=O) groups is 1. The molecule has 2 aromatic carbocycles. The molecule has 0 bridgehead atoms. The number of rotatable bonds is 5. The Balaban J connectivity index is 1.85. The Morgan fingerprint density at radius 2 is 1.60 bits per heavy atom. The van der Waals surface area contributed by atoms with Gasteiger partial charge in [0.2, 0.25) is 5.91 Å². The lowest BCUT2D eigenvalue weighted by Gasteiger charge is -2.14. The van der Waals surface area contributed by atoms with Crippen LogP contribution in [0.3, 0.4) is 0 Å². The van der Waals surface area contributed by atoms with E-state index in [0.717, 1.165) is 18.5 Å². The van der Waals surface area contributed by atoms with Crippen molar-refractivity contribution >= 4 is 12.0 Å². The van der Waals surface area contributed by atoms with Crippen molar-refractivity contribution in [2.45, 2.75) is 6.42 Å². The fraction of sp³-hybridized carbons (Fsp3) is 0.167. The minimum Gasteiger partial charge on any atom is -0.342 e. The fourth-order valence-electron chi connectivity index (χ4n) is 1.91. The molecule has 0 radical (unpaired) electrons. The molecule has 0 aliphatic rings. The van der Waals surface area contributed by atoms with Crippen molar-refractivity contribution in [3.63, 3.8) is 0 Å². The third-order valence-corrected chi connectivity index (χ3v) is 3.17. The Morgan fingerprint density at radius 3 is 2.25 bits per heavy atom. The molecule has 20 heavy (non-hydrogen) atoms. The van der Waals surface area contributed by atoms with Crippen molar-refractivity contribution < 1.29 is 4.79 Å². The average Bonchev–Trinajstić information content (AvgIpc) is 2.52. The number of amides is 1. The van der Waals surface area contributed by atoms with Crippen molar-refractivity contribution in [2.24, 2.45) is 0 Å². The standard InChI is InChI=1S/C18H19NO/c1-19(15-14-17-10-6-3-7-11-17)18(20)13-12-16-8-4-2-5-9-16/h2-13H,14-15H2,1H3/b13-12-. The van der Waals surface area contributed by atoms with Gasteiger partial charge in [0, 0.05) is 19.7 Å². The van der Waals surface area contributed by atoms with Crippen molar-refractivity contribution in [2.75, 3.05) is 13.6 Å². The van der Waals surface area contributed by atoms with Crippen LogP contribution in [0.2, 0.25) is 0 Å². The van der Waals surface area contributed by atoms with E-state index in [1.165, 1.54) is 5.56 Å². The third kappa shape index (κ3) is 4.39. The molecule has 2 aromatic rings. The van der Waals surface area contributed by atoms with Crippen LogP contribution in [-0.4, -0.2) is 24.4 Å². The van der Waals surface area contributed by atoms with Crippen LogP contribution in [0.1, 0.15) is 11.1 Å². The number of nitrogens with zero attached hydrogens (tertiary/aromatic N) is 1. The van der Waals surface area contributed by atoms with Crippen LogP contribution in [0.25, 0.3) is 6.08 Å². The largest absolute Gasteiger partial charge is 0.342 e. The first-order valence-electron chi connectivity index (χ1n) is 6.78. The summed E-state index contributed by atoms with van der Waals surface area (Å²) in [7, 11) is 1.83. The highest BCUT2D eigenvalue weighted by Crippen LogP contribution is 2.03. The monoisotopic (exact) mass is 265 g/mol. The maximum Gasteiger partial charge on any atom is 0.246 e. The van der Waals surface area contributed by atoms with Crippen LogP contribution < -0.4 is 0 Å². The molecule has 0 saturated carbocycles. The highest BCUT2D eigenvalue weighted by molar-refractivity contribution is 5.91. The molecule has 0 fully saturated rings. The molecule has 0 heterocycles. The maximum absolute atomic E-state index is 12.0. The van der Waals surface area contributed by atoms with Crippen LogP contribution in [0.5, 0.6) is 0 Å². The molecule has 0 spiro atoms. The van der Waals surface area contributed by atoms with Gasteiger partial charge < -0.3 is 4.90 Å². The molecule has 2 nitrogen and oxygen atoms in total. The number of carbonyl (C=O) groups excluding carboxylic acids is 1. The average molecular weight is 265 g/mol. The van der Waals surface area contributed by atoms with Crippen molar-refractivity contribution in [1.82, 2.24) is 4.90 Å². The smallest absolute Gasteiger partial charge is 0.246 e. The lowest BCUT2D eigenvalue weighted by atomic mass is 10.1. The number of benzene rings is 2. The van der Waals surface area contributed by atoms with E-state index in [2.05, 4.69) is 12.1 Å². The zero-order valence-corrected chi connectivity index (χ0v) is 11.7. The van der Waals surface area contributed by atoms with Crippen LogP contribution in [0.15, 0.2) is 66.7 Å². The van der Waals surface area contributed by atoms with Gasteiger partial charge in [0.15, 0.2) is 0 Å². The van der Waals surface area contributed by atoms with Gasteiger partial charge in [-0.15, -0.1) is 0 Å². The van der Waals surface area contributed by atoms with Gasteiger partial charge in [0.25, 0.3) is 0 Å². The van der Waals surface area contributed by atoms with E-state index in [1.54, 1.807) is 11.0 Å². The predicted molar refractivity (Wildman–Crippen MR) is 83.3 cm³/mol. The van der Waals surface area contributed by atoms with Gasteiger partial charge in [0.05, 0.1) is 0 Å².